The van der Waals surface area contributed by atoms with Crippen molar-refractivity contribution in [1.82, 2.24) is 0 Å². The van der Waals surface area contributed by atoms with E-state index < -0.39 is 11.9 Å². The van der Waals surface area contributed by atoms with Gasteiger partial charge in [-0.25, -0.2) is 4.79 Å². The number of esters is 1. The quantitative estimate of drug-likeness (QED) is 0.303. The molecule has 2 aromatic carbocycles. The van der Waals surface area contributed by atoms with Crippen LogP contribution in [-0.4, -0.2) is 18.5 Å². The Morgan fingerprint density at radius 2 is 2.04 bits per heavy atom. The van der Waals surface area contributed by atoms with E-state index in [0.29, 0.717) is 16.4 Å². The Morgan fingerprint density at radius 1 is 1.30 bits per heavy atom. The highest BCUT2D eigenvalue weighted by atomic mass is 35.5. The number of nitrogens with one attached hydrogen (secondary N) is 2. The van der Waals surface area contributed by atoms with E-state index in [4.69, 9.17) is 22.1 Å². The van der Waals surface area contributed by atoms with Crippen LogP contribution in [0.3, 0.4) is 0 Å². The van der Waals surface area contributed by atoms with E-state index in [1.54, 1.807) is 49.4 Å². The van der Waals surface area contributed by atoms with Gasteiger partial charge < -0.3 is 21.1 Å². The largest absolute Gasteiger partial charge is 0.462 e. The number of ether oxygens (including phenoxy) is 1. The Hall–Kier alpha value is -3.50. The van der Waals surface area contributed by atoms with Crippen molar-refractivity contribution in [3.05, 3.63) is 64.8 Å². The first-order valence-electron chi connectivity index (χ1n) is 7.95. The standard InChI is InChI=1S/C19H17ClN4O3/c1-2-27-19(26)14-5-3-4-6-17(14)24-18(25)12(10-21)11-23-13-7-8-16(22)15(20)9-13/h3-9,11,23H,2,22H2,1H3,(H,24,25)/b12-11-. The Morgan fingerprint density at radius 3 is 2.70 bits per heavy atom. The summed E-state index contributed by atoms with van der Waals surface area (Å²) < 4.78 is 4.96. The van der Waals surface area contributed by atoms with Crippen molar-refractivity contribution in [3.63, 3.8) is 0 Å². The number of para-hydroxylation sites is 1. The fourth-order valence-electron chi connectivity index (χ4n) is 2.09. The molecule has 2 aromatic rings. The normalized spacial score (nSPS) is 10.6. The van der Waals surface area contributed by atoms with Gasteiger partial charge in [-0.1, -0.05) is 23.7 Å². The molecule has 7 nitrogen and oxygen atoms in total. The van der Waals surface area contributed by atoms with Crippen LogP contribution < -0.4 is 16.4 Å². The monoisotopic (exact) mass is 384 g/mol. The zero-order chi connectivity index (χ0) is 19.8. The lowest BCUT2D eigenvalue weighted by Crippen LogP contribution is -2.17. The predicted octanol–water partition coefficient (Wildman–Crippen LogP) is 3.56. The maximum atomic E-state index is 12.4. The summed E-state index contributed by atoms with van der Waals surface area (Å²) in [5.74, 6) is -1.24. The van der Waals surface area contributed by atoms with E-state index in [9.17, 15) is 14.9 Å². The van der Waals surface area contributed by atoms with Gasteiger partial charge in [0.15, 0.2) is 0 Å². The molecule has 138 valence electrons. The molecule has 0 atom stereocenters. The Bertz CT molecular complexity index is 935. The molecule has 27 heavy (non-hydrogen) atoms. The number of rotatable bonds is 6. The fourth-order valence-corrected chi connectivity index (χ4v) is 2.27. The second-order valence-corrected chi connectivity index (χ2v) is 5.68. The van der Waals surface area contributed by atoms with E-state index in [-0.39, 0.29) is 23.4 Å². The molecule has 0 unspecified atom stereocenters. The number of nitrogens with two attached hydrogens (primary N) is 1. The van der Waals surface area contributed by atoms with E-state index in [1.165, 1.54) is 12.3 Å². The Labute approximate surface area is 161 Å². The number of halogens is 1. The smallest absolute Gasteiger partial charge is 0.340 e. The zero-order valence-electron chi connectivity index (χ0n) is 14.5. The number of carbonyl (C=O) groups is 2. The molecule has 0 radical (unpaired) electrons. The first-order valence-corrected chi connectivity index (χ1v) is 8.33. The molecule has 0 fully saturated rings. The molecule has 4 N–H and O–H groups in total. The van der Waals surface area contributed by atoms with Crippen LogP contribution in [0.1, 0.15) is 17.3 Å². The van der Waals surface area contributed by atoms with Gasteiger partial charge >= 0.3 is 5.97 Å². The minimum absolute atomic E-state index is 0.193. The highest BCUT2D eigenvalue weighted by Crippen LogP contribution is 2.23. The minimum atomic E-state index is -0.678. The number of amides is 1. The third-order valence-corrected chi connectivity index (χ3v) is 3.75. The van der Waals surface area contributed by atoms with Crippen molar-refractivity contribution in [1.29, 1.82) is 5.26 Å². The fraction of sp³-hybridized carbons (Fsp3) is 0.105. The van der Waals surface area contributed by atoms with Gasteiger partial charge in [0.2, 0.25) is 0 Å². The molecule has 0 heterocycles. The third kappa shape index (κ3) is 5.23. The van der Waals surface area contributed by atoms with Gasteiger partial charge in [-0.2, -0.15) is 5.26 Å². The molecule has 0 aliphatic rings. The SMILES string of the molecule is CCOC(=O)c1ccccc1NC(=O)/C(C#N)=C\Nc1ccc(N)c(Cl)c1. The summed E-state index contributed by atoms with van der Waals surface area (Å²) in [6.07, 6.45) is 1.24. The van der Waals surface area contributed by atoms with Gasteiger partial charge in [-0.15, -0.1) is 0 Å². The van der Waals surface area contributed by atoms with E-state index in [1.807, 2.05) is 0 Å². The maximum Gasteiger partial charge on any atom is 0.340 e. The van der Waals surface area contributed by atoms with Crippen molar-refractivity contribution < 1.29 is 14.3 Å². The van der Waals surface area contributed by atoms with E-state index in [0.717, 1.165) is 0 Å². The lowest BCUT2D eigenvalue weighted by atomic mass is 10.1. The number of hydrogen-bond acceptors (Lipinski definition) is 6. The molecular formula is C19H17ClN4O3. The van der Waals surface area contributed by atoms with Crippen LogP contribution in [-0.2, 0) is 9.53 Å². The van der Waals surface area contributed by atoms with Gasteiger partial charge in [-0.3, -0.25) is 4.79 Å². The zero-order valence-corrected chi connectivity index (χ0v) is 15.2. The molecule has 0 saturated heterocycles. The van der Waals surface area contributed by atoms with Crippen molar-refractivity contribution in [3.8, 4) is 6.07 Å². The van der Waals surface area contributed by atoms with Crippen molar-refractivity contribution in [2.45, 2.75) is 6.92 Å². The number of nitrogens with zero attached hydrogens (tertiary/aromatic N) is 1. The van der Waals surface area contributed by atoms with Crippen molar-refractivity contribution in [2.75, 3.05) is 23.0 Å². The third-order valence-electron chi connectivity index (χ3n) is 3.42. The first kappa shape index (κ1) is 19.8. The number of nitrogen functional groups attached to an aromatic ring is 1. The topological polar surface area (TPSA) is 117 Å². The molecular weight excluding hydrogens is 368 g/mol. The van der Waals surface area contributed by atoms with Gasteiger partial charge in [0.25, 0.3) is 5.91 Å². The molecule has 0 aromatic heterocycles. The van der Waals surface area contributed by atoms with Crippen LogP contribution >= 0.6 is 11.6 Å². The summed E-state index contributed by atoms with van der Waals surface area (Å²) in [5.41, 5.74) is 6.86. The molecule has 8 heteroatoms. The van der Waals surface area contributed by atoms with Crippen LogP contribution in [0.25, 0.3) is 0 Å². The van der Waals surface area contributed by atoms with Gasteiger partial charge in [0.1, 0.15) is 11.6 Å². The van der Waals surface area contributed by atoms with Gasteiger partial charge in [-0.05, 0) is 37.3 Å². The average Bonchev–Trinajstić information content (AvgIpc) is 2.65. The highest BCUT2D eigenvalue weighted by Gasteiger charge is 2.16. The predicted molar refractivity (Wildman–Crippen MR) is 104 cm³/mol. The second-order valence-electron chi connectivity index (χ2n) is 5.27. The molecule has 2 rings (SSSR count). The van der Waals surface area contributed by atoms with Crippen molar-refractivity contribution >= 4 is 40.5 Å². The van der Waals surface area contributed by atoms with Gasteiger partial charge in [0, 0.05) is 11.9 Å². The summed E-state index contributed by atoms with van der Waals surface area (Å²) in [5, 5.41) is 15.0. The first-order chi connectivity index (χ1) is 13.0. The average molecular weight is 385 g/mol. The lowest BCUT2D eigenvalue weighted by Gasteiger charge is -2.10. The van der Waals surface area contributed by atoms with E-state index >= 15 is 0 Å². The molecule has 0 saturated carbocycles. The maximum absolute atomic E-state index is 12.4. The highest BCUT2D eigenvalue weighted by molar-refractivity contribution is 6.33. The van der Waals surface area contributed by atoms with Crippen LogP contribution in [0.2, 0.25) is 5.02 Å². The molecule has 0 spiro atoms. The van der Waals surface area contributed by atoms with Crippen LogP contribution in [0.15, 0.2) is 54.2 Å². The Balaban J connectivity index is 2.17. The van der Waals surface area contributed by atoms with Crippen LogP contribution in [0.5, 0.6) is 0 Å². The summed E-state index contributed by atoms with van der Waals surface area (Å²) in [6.45, 7) is 1.89. The number of carbonyl (C=O) groups excluding carboxylic acids is 2. The number of hydrogen-bond donors (Lipinski definition) is 3. The summed E-state index contributed by atoms with van der Waals surface area (Å²) in [7, 11) is 0. The van der Waals surface area contributed by atoms with E-state index in [2.05, 4.69) is 10.6 Å². The van der Waals surface area contributed by atoms with Crippen LogP contribution in [0.4, 0.5) is 17.1 Å². The minimum Gasteiger partial charge on any atom is -0.462 e. The summed E-state index contributed by atoms with van der Waals surface area (Å²) in [4.78, 5) is 24.3. The molecule has 0 aliphatic heterocycles. The molecule has 0 aliphatic carbocycles. The van der Waals surface area contributed by atoms with Crippen molar-refractivity contribution in [2.24, 2.45) is 0 Å². The second kappa shape index (κ2) is 9.27. The Kier molecular flexibility index (Phi) is 6.80. The summed E-state index contributed by atoms with van der Waals surface area (Å²) in [6, 6.07) is 13.0. The van der Waals surface area contributed by atoms with Gasteiger partial charge in [0.05, 0.1) is 28.6 Å². The summed E-state index contributed by atoms with van der Waals surface area (Å²) >= 11 is 5.93. The molecule has 0 bridgehead atoms. The molecule has 1 amide bonds. The number of anilines is 3. The lowest BCUT2D eigenvalue weighted by molar-refractivity contribution is -0.112. The number of nitriles is 1. The number of benzene rings is 2. The van der Waals surface area contributed by atoms with Crippen LogP contribution in [0, 0.1) is 11.3 Å².